The number of nitrogens with zero attached hydrogens (tertiary/aromatic N) is 4. The van der Waals surface area contributed by atoms with E-state index in [1.807, 2.05) is 0 Å². The Morgan fingerprint density at radius 2 is 1.88 bits per heavy atom. The molecule has 1 aliphatic rings. The summed E-state index contributed by atoms with van der Waals surface area (Å²) in [5, 5.41) is 7.89. The van der Waals surface area contributed by atoms with Gasteiger partial charge in [0.25, 0.3) is 0 Å². The number of rotatable bonds is 9. The SMILES string of the molecule is CCNC(=NCc1nc(C)c(C)s1)NCCCCN1CCN(c2cccc(C)c2)CC1.I. The highest BCUT2D eigenvalue weighted by Crippen LogP contribution is 2.18. The lowest BCUT2D eigenvalue weighted by molar-refractivity contribution is 0.253. The van der Waals surface area contributed by atoms with Crippen molar-refractivity contribution < 1.29 is 0 Å². The van der Waals surface area contributed by atoms with Crippen molar-refractivity contribution in [3.63, 3.8) is 0 Å². The van der Waals surface area contributed by atoms with Crippen molar-refractivity contribution in [1.82, 2.24) is 20.5 Å². The normalized spacial score (nSPS) is 14.9. The molecule has 0 amide bonds. The highest BCUT2D eigenvalue weighted by molar-refractivity contribution is 14.0. The van der Waals surface area contributed by atoms with Gasteiger partial charge in [-0.25, -0.2) is 9.98 Å². The maximum atomic E-state index is 4.70. The molecule has 1 aromatic carbocycles. The molecule has 0 atom stereocenters. The monoisotopic (exact) mass is 570 g/mol. The van der Waals surface area contributed by atoms with Crippen LogP contribution in [0.4, 0.5) is 5.69 Å². The molecule has 6 nitrogen and oxygen atoms in total. The summed E-state index contributed by atoms with van der Waals surface area (Å²) in [6, 6.07) is 8.85. The number of piperazine rings is 1. The number of unbranched alkanes of at least 4 members (excludes halogenated alkanes) is 1. The van der Waals surface area contributed by atoms with Gasteiger partial charge in [0.2, 0.25) is 0 Å². The molecule has 1 saturated heterocycles. The number of aromatic nitrogens is 1. The lowest BCUT2D eigenvalue weighted by atomic mass is 10.2. The van der Waals surface area contributed by atoms with Crippen LogP contribution in [0.15, 0.2) is 29.3 Å². The van der Waals surface area contributed by atoms with Crippen LogP contribution < -0.4 is 15.5 Å². The number of halogens is 1. The van der Waals surface area contributed by atoms with Gasteiger partial charge in [0.05, 0.1) is 12.2 Å². The third kappa shape index (κ3) is 8.51. The number of aryl methyl sites for hydroxylation is 3. The molecule has 1 aliphatic heterocycles. The zero-order valence-electron chi connectivity index (χ0n) is 20.0. The molecule has 2 N–H and O–H groups in total. The summed E-state index contributed by atoms with van der Waals surface area (Å²) >= 11 is 1.74. The van der Waals surface area contributed by atoms with Crippen LogP contribution in [-0.4, -0.2) is 61.7 Å². The van der Waals surface area contributed by atoms with E-state index in [9.17, 15) is 0 Å². The fourth-order valence-electron chi connectivity index (χ4n) is 3.82. The molecule has 3 rings (SSSR count). The second-order valence-electron chi connectivity index (χ2n) is 8.25. The average Bonchev–Trinajstić information content (AvgIpc) is 3.09. The number of nitrogens with one attached hydrogen (secondary N) is 2. The minimum absolute atomic E-state index is 0. The van der Waals surface area contributed by atoms with Crippen molar-refractivity contribution in [3.8, 4) is 0 Å². The lowest BCUT2D eigenvalue weighted by Gasteiger charge is -2.36. The van der Waals surface area contributed by atoms with E-state index in [-0.39, 0.29) is 24.0 Å². The molecule has 0 saturated carbocycles. The first kappa shape index (κ1) is 26.9. The second-order valence-corrected chi connectivity index (χ2v) is 9.53. The predicted molar refractivity (Wildman–Crippen MR) is 149 cm³/mol. The lowest BCUT2D eigenvalue weighted by Crippen LogP contribution is -2.46. The van der Waals surface area contributed by atoms with E-state index in [4.69, 9.17) is 4.99 Å². The molecule has 0 spiro atoms. The third-order valence-corrected chi connectivity index (χ3v) is 6.78. The van der Waals surface area contributed by atoms with Crippen molar-refractivity contribution in [1.29, 1.82) is 0 Å². The Balaban J connectivity index is 0.00000363. The zero-order chi connectivity index (χ0) is 22.1. The summed E-state index contributed by atoms with van der Waals surface area (Å²) in [7, 11) is 0. The van der Waals surface area contributed by atoms with Gasteiger partial charge >= 0.3 is 0 Å². The number of hydrogen-bond donors (Lipinski definition) is 2. The molecule has 178 valence electrons. The molecular weight excluding hydrogens is 531 g/mol. The van der Waals surface area contributed by atoms with Gasteiger partial charge in [-0.3, -0.25) is 4.90 Å². The first-order valence-corrected chi connectivity index (χ1v) is 12.4. The Morgan fingerprint density at radius 1 is 1.09 bits per heavy atom. The van der Waals surface area contributed by atoms with Crippen LogP contribution in [0.25, 0.3) is 0 Å². The molecule has 2 aromatic rings. The summed E-state index contributed by atoms with van der Waals surface area (Å²) in [6.45, 7) is 16.6. The molecule has 1 fully saturated rings. The second kappa shape index (κ2) is 14.0. The number of hydrogen-bond acceptors (Lipinski definition) is 5. The molecule has 0 bridgehead atoms. The Hall–Kier alpha value is -1.39. The number of guanidine groups is 1. The Bertz CT molecular complexity index is 825. The fraction of sp³-hybridized carbons (Fsp3) is 0.583. The van der Waals surface area contributed by atoms with Crippen molar-refractivity contribution >= 4 is 47.0 Å². The van der Waals surface area contributed by atoms with Crippen LogP contribution in [0.1, 0.15) is 40.9 Å². The number of benzene rings is 1. The molecule has 0 radical (unpaired) electrons. The summed E-state index contributed by atoms with van der Waals surface area (Å²) in [5.41, 5.74) is 3.82. The highest BCUT2D eigenvalue weighted by Gasteiger charge is 2.16. The van der Waals surface area contributed by atoms with Gasteiger partial charge in [0.15, 0.2) is 5.96 Å². The quantitative estimate of drug-likeness (QED) is 0.203. The summed E-state index contributed by atoms with van der Waals surface area (Å²) in [5.74, 6) is 0.889. The number of thiazole rings is 1. The van der Waals surface area contributed by atoms with E-state index in [1.54, 1.807) is 11.3 Å². The molecule has 32 heavy (non-hydrogen) atoms. The number of anilines is 1. The van der Waals surface area contributed by atoms with Crippen molar-refractivity contribution in [2.24, 2.45) is 4.99 Å². The van der Waals surface area contributed by atoms with Gasteiger partial charge in [-0.05, 0) is 64.8 Å². The van der Waals surface area contributed by atoms with Crippen LogP contribution >= 0.6 is 35.3 Å². The van der Waals surface area contributed by atoms with Crippen molar-refractivity contribution in [3.05, 3.63) is 45.4 Å². The molecule has 8 heteroatoms. The van der Waals surface area contributed by atoms with Gasteiger partial charge in [-0.2, -0.15) is 0 Å². The van der Waals surface area contributed by atoms with Crippen LogP contribution in [0, 0.1) is 20.8 Å². The molecule has 1 aromatic heterocycles. The summed E-state index contributed by atoms with van der Waals surface area (Å²) in [6.07, 6.45) is 2.36. The molecular formula is C24H39IN6S. The largest absolute Gasteiger partial charge is 0.369 e. The standard InChI is InChI=1S/C24H38N6S.HI/c1-5-25-24(27-18-23-28-20(3)21(4)31-23)26-11-6-7-12-29-13-15-30(16-14-29)22-10-8-9-19(2)17-22;/h8-10,17H,5-7,11-16,18H2,1-4H3,(H2,25,26,27);1H. The smallest absolute Gasteiger partial charge is 0.191 e. The van der Waals surface area contributed by atoms with E-state index in [2.05, 4.69) is 77.4 Å². The summed E-state index contributed by atoms with van der Waals surface area (Å²) < 4.78 is 0. The van der Waals surface area contributed by atoms with Gasteiger partial charge < -0.3 is 15.5 Å². The number of aliphatic imine (C=N–C) groups is 1. The first-order valence-electron chi connectivity index (χ1n) is 11.5. The maximum absolute atomic E-state index is 4.70. The fourth-order valence-corrected chi connectivity index (χ4v) is 4.68. The third-order valence-electron chi connectivity index (χ3n) is 5.72. The molecule has 0 aliphatic carbocycles. The predicted octanol–water partition coefficient (Wildman–Crippen LogP) is 4.34. The summed E-state index contributed by atoms with van der Waals surface area (Å²) in [4.78, 5) is 15.7. The van der Waals surface area contributed by atoms with Crippen molar-refractivity contribution in [2.75, 3.05) is 50.7 Å². The average molecular weight is 571 g/mol. The zero-order valence-corrected chi connectivity index (χ0v) is 23.1. The van der Waals surface area contributed by atoms with Crippen LogP contribution in [0.3, 0.4) is 0 Å². The molecule has 0 unspecified atom stereocenters. The topological polar surface area (TPSA) is 55.8 Å². The minimum atomic E-state index is 0. The Morgan fingerprint density at radius 3 is 2.53 bits per heavy atom. The van der Waals surface area contributed by atoms with E-state index >= 15 is 0 Å². The van der Waals surface area contributed by atoms with E-state index in [1.165, 1.54) is 29.1 Å². The van der Waals surface area contributed by atoms with Crippen molar-refractivity contribution in [2.45, 2.75) is 47.1 Å². The molecule has 2 heterocycles. The van der Waals surface area contributed by atoms with Crippen LogP contribution in [0.2, 0.25) is 0 Å². The van der Waals surface area contributed by atoms with Gasteiger partial charge in [0, 0.05) is 49.8 Å². The van der Waals surface area contributed by atoms with E-state index < -0.39 is 0 Å². The van der Waals surface area contributed by atoms with E-state index in [0.29, 0.717) is 6.54 Å². The van der Waals surface area contributed by atoms with Crippen LogP contribution in [-0.2, 0) is 6.54 Å². The minimum Gasteiger partial charge on any atom is -0.369 e. The first-order chi connectivity index (χ1) is 15.0. The Labute approximate surface area is 214 Å². The highest BCUT2D eigenvalue weighted by atomic mass is 127. The Kier molecular flexibility index (Phi) is 11.7. The van der Waals surface area contributed by atoms with E-state index in [0.717, 1.165) is 62.4 Å². The van der Waals surface area contributed by atoms with Gasteiger partial charge in [0.1, 0.15) is 5.01 Å². The van der Waals surface area contributed by atoms with Gasteiger partial charge in [-0.1, -0.05) is 12.1 Å². The maximum Gasteiger partial charge on any atom is 0.191 e. The van der Waals surface area contributed by atoms with Crippen LogP contribution in [0.5, 0.6) is 0 Å². The van der Waals surface area contributed by atoms with Gasteiger partial charge in [-0.15, -0.1) is 35.3 Å².